The fraction of sp³-hybridized carbons (Fsp3) is 0.375. The van der Waals surface area contributed by atoms with E-state index in [-0.39, 0.29) is 48.8 Å². The number of aromatic nitrogens is 6. The van der Waals surface area contributed by atoms with Crippen molar-refractivity contribution in [1.29, 1.82) is 0 Å². The van der Waals surface area contributed by atoms with Gasteiger partial charge in [0.2, 0.25) is 11.9 Å². The minimum Gasteiger partial charge on any atom is -0.494 e. The molecule has 0 aliphatic carbocycles. The van der Waals surface area contributed by atoms with E-state index >= 15 is 0 Å². The van der Waals surface area contributed by atoms with Gasteiger partial charge in [-0.05, 0) is 76.7 Å². The van der Waals surface area contributed by atoms with E-state index in [0.29, 0.717) is 83.4 Å². The van der Waals surface area contributed by atoms with Gasteiger partial charge >= 0.3 is 0 Å². The molecule has 0 fully saturated rings. The van der Waals surface area contributed by atoms with Crippen molar-refractivity contribution >= 4 is 52.0 Å². The van der Waals surface area contributed by atoms with Crippen molar-refractivity contribution in [3.05, 3.63) is 82.5 Å². The first-order valence-electron chi connectivity index (χ1n) is 19.2. The number of benzene rings is 2. The summed E-state index contributed by atoms with van der Waals surface area (Å²) < 4.78 is 16.8. The lowest BCUT2D eigenvalue weighted by atomic mass is 10.1. The van der Waals surface area contributed by atoms with Gasteiger partial charge < -0.3 is 46.4 Å². The number of anilines is 3. The topological polar surface area (TPSA) is 244 Å². The number of hydrogen-bond donors (Lipinski definition) is 6. The zero-order valence-electron chi connectivity index (χ0n) is 34.5. The highest BCUT2D eigenvalue weighted by atomic mass is 16.5. The molecule has 2 aromatic carbocycles. The monoisotopic (exact) mass is 811 g/mol. The summed E-state index contributed by atoms with van der Waals surface area (Å²) in [5.41, 5.74) is 16.6. The van der Waals surface area contributed by atoms with E-state index < -0.39 is 11.8 Å². The van der Waals surface area contributed by atoms with Gasteiger partial charge in [0.25, 0.3) is 17.7 Å². The zero-order valence-corrected chi connectivity index (χ0v) is 34.5. The molecule has 0 aliphatic heterocycles. The Labute approximate surface area is 342 Å². The van der Waals surface area contributed by atoms with Crippen molar-refractivity contribution in [1.82, 2.24) is 45.1 Å². The van der Waals surface area contributed by atoms with Gasteiger partial charge in [0, 0.05) is 44.9 Å². The number of carbonyl (C=O) groups excluding carboxylic acids is 4. The van der Waals surface area contributed by atoms with E-state index in [1.54, 1.807) is 57.6 Å². The third kappa shape index (κ3) is 9.98. The van der Waals surface area contributed by atoms with Crippen molar-refractivity contribution in [2.45, 2.75) is 46.7 Å². The van der Waals surface area contributed by atoms with Crippen LogP contribution in [0.25, 0.3) is 11.0 Å². The molecular weight excluding hydrogens is 759 g/mol. The highest BCUT2D eigenvalue weighted by molar-refractivity contribution is 6.04. The zero-order chi connectivity index (χ0) is 42.8. The highest BCUT2D eigenvalue weighted by Crippen LogP contribution is 2.36. The fourth-order valence-corrected chi connectivity index (χ4v) is 6.51. The summed E-state index contributed by atoms with van der Waals surface area (Å²) in [6.07, 6.45) is 5.04. The number of hydrogen-bond acceptors (Lipinski definition) is 12. The lowest BCUT2D eigenvalue weighted by molar-refractivity contribution is 0.0939. The quantitative estimate of drug-likeness (QED) is 0.0288. The largest absolute Gasteiger partial charge is 0.494 e. The standard InChI is InChI=1S/C40H53N13O6/c1-8-27-22-30(50(6)49-27)39(57)47-40-46-29-19-25(36(42)54)20-33(59-16-12-13-43-4)35(29)52(40)15-11-10-14-51(23-45-38(56)31-17-24(3)48-53(31)9-2)34-28(41)18-26(37(55)44-5)21-32(34)58-7/h10-11,17-22,43H,8-9,12-16,23,41H2,1-7H3,(H2,42,54)(H,44,55)(H,45,56)(H,46,47,57)/b11-10+. The molecule has 0 aliphatic rings. The molecular formula is C40H53N13O6. The second-order valence-corrected chi connectivity index (χ2v) is 13.6. The summed E-state index contributed by atoms with van der Waals surface area (Å²) in [5, 5.41) is 20.4. The lowest BCUT2D eigenvalue weighted by Crippen LogP contribution is -2.39. The number of carbonyl (C=O) groups is 4. The number of imidazole rings is 1. The number of fused-ring (bicyclic) bond motifs is 1. The Hall–Kier alpha value is -6.89. The van der Waals surface area contributed by atoms with Gasteiger partial charge in [-0.1, -0.05) is 19.1 Å². The molecule has 0 spiro atoms. The Bertz CT molecular complexity index is 2360. The van der Waals surface area contributed by atoms with E-state index in [1.807, 2.05) is 40.0 Å². The molecule has 314 valence electrons. The molecule has 0 saturated carbocycles. The SMILES string of the molecule is CCc1cc(C(=O)Nc2nc3cc(C(N)=O)cc(OCCCNC)c3n2C/C=C/CN(CNC(=O)c2cc(C)nn2CC)c2c(N)cc(C(=O)NC)cc2OC)n(C)n1. The predicted molar refractivity (Wildman–Crippen MR) is 225 cm³/mol. The predicted octanol–water partition coefficient (Wildman–Crippen LogP) is 2.60. The Morgan fingerprint density at radius 3 is 2.36 bits per heavy atom. The number of ether oxygens (including phenoxy) is 2. The van der Waals surface area contributed by atoms with Crippen LogP contribution in [0.2, 0.25) is 0 Å². The van der Waals surface area contributed by atoms with Crippen LogP contribution in [0, 0.1) is 6.92 Å². The van der Waals surface area contributed by atoms with Crippen molar-refractivity contribution in [3.8, 4) is 11.5 Å². The number of nitrogens with zero attached hydrogens (tertiary/aromatic N) is 7. The number of rotatable bonds is 20. The van der Waals surface area contributed by atoms with Gasteiger partial charge in [-0.15, -0.1) is 0 Å². The van der Waals surface area contributed by atoms with E-state index in [1.165, 1.54) is 18.8 Å². The van der Waals surface area contributed by atoms with Crippen LogP contribution in [0.5, 0.6) is 11.5 Å². The molecule has 0 radical (unpaired) electrons. The van der Waals surface area contributed by atoms with Crippen LogP contribution in [0.3, 0.4) is 0 Å². The average molecular weight is 812 g/mol. The number of nitrogens with two attached hydrogens (primary N) is 2. The first-order valence-corrected chi connectivity index (χ1v) is 19.2. The minimum atomic E-state index is -0.659. The summed E-state index contributed by atoms with van der Waals surface area (Å²) in [5.74, 6) is -0.908. The van der Waals surface area contributed by atoms with Gasteiger partial charge in [0.05, 0.1) is 43.0 Å². The first-order chi connectivity index (χ1) is 28.3. The molecule has 19 heteroatoms. The molecule has 0 atom stereocenters. The van der Waals surface area contributed by atoms with Crippen molar-refractivity contribution in [2.75, 3.05) is 63.5 Å². The molecule has 3 heterocycles. The van der Waals surface area contributed by atoms with Crippen molar-refractivity contribution in [3.63, 3.8) is 0 Å². The van der Waals surface area contributed by atoms with Gasteiger partial charge in [-0.2, -0.15) is 10.2 Å². The Morgan fingerprint density at radius 2 is 1.69 bits per heavy atom. The third-order valence-corrected chi connectivity index (χ3v) is 9.45. The van der Waals surface area contributed by atoms with E-state index in [9.17, 15) is 19.2 Å². The number of nitrogen functional groups attached to an aromatic ring is 1. The summed E-state index contributed by atoms with van der Waals surface area (Å²) in [6.45, 7) is 7.58. The van der Waals surface area contributed by atoms with Crippen LogP contribution in [0.1, 0.15) is 73.3 Å². The van der Waals surface area contributed by atoms with Crippen LogP contribution in [-0.4, -0.2) is 100 Å². The van der Waals surface area contributed by atoms with Crippen LogP contribution >= 0.6 is 0 Å². The number of amides is 4. The van der Waals surface area contributed by atoms with E-state index in [0.717, 1.165) is 5.69 Å². The van der Waals surface area contributed by atoms with Crippen LogP contribution in [-0.2, 0) is 26.6 Å². The minimum absolute atomic E-state index is 0.00272. The lowest BCUT2D eigenvalue weighted by Gasteiger charge is -2.27. The van der Waals surface area contributed by atoms with E-state index in [4.69, 9.17) is 25.9 Å². The molecule has 0 bridgehead atoms. The highest BCUT2D eigenvalue weighted by Gasteiger charge is 2.23. The smallest absolute Gasteiger partial charge is 0.276 e. The molecule has 5 aromatic rings. The Morgan fingerprint density at radius 1 is 0.932 bits per heavy atom. The number of methoxy groups -OCH3 is 1. The van der Waals surface area contributed by atoms with Crippen molar-refractivity contribution in [2.24, 2.45) is 12.8 Å². The maximum atomic E-state index is 13.7. The average Bonchev–Trinajstić information content (AvgIpc) is 3.91. The van der Waals surface area contributed by atoms with Gasteiger partial charge in [0.1, 0.15) is 34.1 Å². The molecule has 59 heavy (non-hydrogen) atoms. The summed E-state index contributed by atoms with van der Waals surface area (Å²) in [7, 11) is 6.52. The number of nitrogens with one attached hydrogen (secondary N) is 4. The molecule has 4 amide bonds. The molecule has 0 saturated heterocycles. The fourth-order valence-electron chi connectivity index (χ4n) is 6.51. The second kappa shape index (κ2) is 19.5. The van der Waals surface area contributed by atoms with Crippen LogP contribution in [0.15, 0.2) is 48.6 Å². The molecule has 5 rings (SSSR count). The van der Waals surface area contributed by atoms with Crippen LogP contribution < -0.4 is 47.1 Å². The summed E-state index contributed by atoms with van der Waals surface area (Å²) in [4.78, 5) is 58.6. The first kappa shape index (κ1) is 43.2. The molecule has 8 N–H and O–H groups in total. The third-order valence-electron chi connectivity index (χ3n) is 9.45. The number of allylic oxidation sites excluding steroid dienone is 1. The van der Waals surface area contributed by atoms with Crippen LogP contribution in [0.4, 0.5) is 17.3 Å². The second-order valence-electron chi connectivity index (χ2n) is 13.6. The maximum absolute atomic E-state index is 13.7. The van der Waals surface area contributed by atoms with E-state index in [2.05, 4.69) is 31.5 Å². The number of aryl methyl sites for hydroxylation is 4. The normalized spacial score (nSPS) is 11.2. The number of primary amides is 1. The summed E-state index contributed by atoms with van der Waals surface area (Å²) in [6, 6.07) is 9.68. The maximum Gasteiger partial charge on any atom is 0.276 e. The molecule has 19 nitrogen and oxygen atoms in total. The van der Waals surface area contributed by atoms with Gasteiger partial charge in [-0.25, -0.2) is 4.98 Å². The molecule has 0 unspecified atom stereocenters. The Balaban J connectivity index is 1.53. The van der Waals surface area contributed by atoms with Gasteiger partial charge in [0.15, 0.2) is 0 Å². The summed E-state index contributed by atoms with van der Waals surface area (Å²) >= 11 is 0. The Kier molecular flexibility index (Phi) is 14.3. The van der Waals surface area contributed by atoms with Gasteiger partial charge in [-0.3, -0.25) is 33.9 Å². The van der Waals surface area contributed by atoms with Crippen molar-refractivity contribution < 1.29 is 28.7 Å². The molecule has 3 aromatic heterocycles.